The molecule has 0 aliphatic heterocycles. The average Bonchev–Trinajstić information content (AvgIpc) is 2.14. The van der Waals surface area contributed by atoms with Crippen molar-refractivity contribution in [2.75, 3.05) is 13.1 Å². The van der Waals surface area contributed by atoms with Crippen LogP contribution in [0, 0.1) is 5.41 Å². The lowest BCUT2D eigenvalue weighted by Crippen LogP contribution is -2.43. The van der Waals surface area contributed by atoms with Crippen LogP contribution in [-0.2, 0) is 4.79 Å². The highest BCUT2D eigenvalue weighted by Crippen LogP contribution is 2.12. The maximum absolute atomic E-state index is 11.2. The first-order chi connectivity index (χ1) is 7.25. The van der Waals surface area contributed by atoms with Gasteiger partial charge in [0.25, 0.3) is 0 Å². The molecule has 5 heteroatoms. The molecule has 0 fully saturated rings. The third kappa shape index (κ3) is 6.06. The number of carboxylic acids is 1. The van der Waals surface area contributed by atoms with Crippen LogP contribution in [0.25, 0.3) is 0 Å². The summed E-state index contributed by atoms with van der Waals surface area (Å²) in [6, 6.07) is -0.355. The summed E-state index contributed by atoms with van der Waals surface area (Å²) < 4.78 is 0. The molecule has 0 rings (SSSR count). The number of nitrogens with one attached hydrogen (secondary N) is 2. The van der Waals surface area contributed by atoms with Crippen molar-refractivity contribution in [3.63, 3.8) is 0 Å². The van der Waals surface area contributed by atoms with Crippen LogP contribution in [0.1, 0.15) is 27.7 Å². The van der Waals surface area contributed by atoms with Gasteiger partial charge in [0.1, 0.15) is 0 Å². The fourth-order valence-corrected chi connectivity index (χ4v) is 0.787. The minimum absolute atomic E-state index is 0.100. The summed E-state index contributed by atoms with van der Waals surface area (Å²) in [6.45, 7) is 7.54. The Morgan fingerprint density at radius 1 is 1.25 bits per heavy atom. The maximum Gasteiger partial charge on any atom is 0.315 e. The van der Waals surface area contributed by atoms with E-state index in [1.165, 1.54) is 0 Å². The van der Waals surface area contributed by atoms with Crippen LogP contribution in [0.2, 0.25) is 0 Å². The van der Waals surface area contributed by atoms with Gasteiger partial charge in [0.15, 0.2) is 0 Å². The Morgan fingerprint density at radius 3 is 2.25 bits per heavy atom. The Labute approximate surface area is 95.9 Å². The van der Waals surface area contributed by atoms with Crippen molar-refractivity contribution < 1.29 is 14.7 Å². The third-order valence-electron chi connectivity index (χ3n) is 2.04. The highest BCUT2D eigenvalue weighted by atomic mass is 16.4. The molecule has 0 bridgehead atoms. The number of carbonyl (C=O) groups excluding carboxylic acids is 1. The molecule has 0 heterocycles. The maximum atomic E-state index is 11.2. The van der Waals surface area contributed by atoms with Crippen LogP contribution >= 0.6 is 0 Å². The number of rotatable bonds is 5. The second-order valence-electron chi connectivity index (χ2n) is 4.53. The zero-order valence-corrected chi connectivity index (χ0v) is 10.3. The van der Waals surface area contributed by atoms with Gasteiger partial charge in [-0.3, -0.25) is 4.79 Å². The molecule has 0 radical (unpaired) electrons. The Hall–Kier alpha value is -1.52. The molecule has 0 aromatic rings. The monoisotopic (exact) mass is 228 g/mol. The van der Waals surface area contributed by atoms with Crippen LogP contribution in [0.3, 0.4) is 0 Å². The number of allylic oxidation sites excluding steroid dienone is 1. The molecule has 0 saturated heterocycles. The van der Waals surface area contributed by atoms with Gasteiger partial charge in [-0.1, -0.05) is 11.6 Å². The van der Waals surface area contributed by atoms with Crippen molar-refractivity contribution in [2.24, 2.45) is 5.41 Å². The molecule has 16 heavy (non-hydrogen) atoms. The van der Waals surface area contributed by atoms with Gasteiger partial charge in [-0.25, -0.2) is 4.79 Å². The molecule has 0 aromatic carbocycles. The van der Waals surface area contributed by atoms with E-state index in [2.05, 4.69) is 10.6 Å². The lowest BCUT2D eigenvalue weighted by Gasteiger charge is -2.19. The largest absolute Gasteiger partial charge is 0.481 e. The summed E-state index contributed by atoms with van der Waals surface area (Å²) in [6.07, 6.45) is 1.88. The Balaban J connectivity index is 3.91. The van der Waals surface area contributed by atoms with Crippen molar-refractivity contribution in [3.05, 3.63) is 11.6 Å². The topological polar surface area (TPSA) is 78.4 Å². The standard InChI is InChI=1S/C11H20N2O3/c1-8(2)5-6-12-10(16)13-7-11(3,4)9(14)15/h5H,6-7H2,1-4H3,(H,14,15)(H2,12,13,16). The predicted octanol–water partition coefficient (Wildman–Crippen LogP) is 1.36. The van der Waals surface area contributed by atoms with Gasteiger partial charge in [0, 0.05) is 13.1 Å². The molecule has 3 N–H and O–H groups in total. The highest BCUT2D eigenvalue weighted by Gasteiger charge is 2.27. The second kappa shape index (κ2) is 6.15. The molecule has 92 valence electrons. The molecule has 0 saturated carbocycles. The van der Waals surface area contributed by atoms with Crippen LogP contribution < -0.4 is 10.6 Å². The number of hydrogen-bond acceptors (Lipinski definition) is 2. The molecule has 0 aliphatic rings. The van der Waals surface area contributed by atoms with E-state index in [-0.39, 0.29) is 12.6 Å². The summed E-state index contributed by atoms with van der Waals surface area (Å²) in [5.74, 6) is -0.933. The van der Waals surface area contributed by atoms with Crippen molar-refractivity contribution in [1.82, 2.24) is 10.6 Å². The van der Waals surface area contributed by atoms with Crippen molar-refractivity contribution >= 4 is 12.0 Å². The molecule has 0 aromatic heterocycles. The van der Waals surface area contributed by atoms with Gasteiger partial charge in [0.05, 0.1) is 5.41 Å². The van der Waals surface area contributed by atoms with E-state index in [0.717, 1.165) is 5.57 Å². The van der Waals surface area contributed by atoms with E-state index in [9.17, 15) is 9.59 Å². The normalized spacial score (nSPS) is 10.5. The van der Waals surface area contributed by atoms with Gasteiger partial charge in [-0.05, 0) is 27.7 Å². The number of carbonyl (C=O) groups is 2. The van der Waals surface area contributed by atoms with E-state index >= 15 is 0 Å². The van der Waals surface area contributed by atoms with E-state index in [0.29, 0.717) is 6.54 Å². The van der Waals surface area contributed by atoms with E-state index in [1.807, 2.05) is 19.9 Å². The molecule has 0 atom stereocenters. The van der Waals surface area contributed by atoms with Gasteiger partial charge in [0.2, 0.25) is 0 Å². The zero-order valence-electron chi connectivity index (χ0n) is 10.3. The average molecular weight is 228 g/mol. The van der Waals surface area contributed by atoms with Crippen molar-refractivity contribution in [2.45, 2.75) is 27.7 Å². The van der Waals surface area contributed by atoms with Crippen LogP contribution in [0.15, 0.2) is 11.6 Å². The van der Waals surface area contributed by atoms with Crippen LogP contribution in [-0.4, -0.2) is 30.2 Å². The van der Waals surface area contributed by atoms with Gasteiger partial charge < -0.3 is 15.7 Å². The Morgan fingerprint density at radius 2 is 1.81 bits per heavy atom. The van der Waals surface area contributed by atoms with Gasteiger partial charge in [-0.2, -0.15) is 0 Å². The first-order valence-electron chi connectivity index (χ1n) is 5.14. The summed E-state index contributed by atoms with van der Waals surface area (Å²) in [5.41, 5.74) is 0.166. The van der Waals surface area contributed by atoms with Gasteiger partial charge in [-0.15, -0.1) is 0 Å². The molecule has 5 nitrogen and oxygen atoms in total. The fourth-order valence-electron chi connectivity index (χ4n) is 0.787. The fraction of sp³-hybridized carbons (Fsp3) is 0.636. The lowest BCUT2D eigenvalue weighted by atomic mass is 9.94. The summed E-state index contributed by atoms with van der Waals surface area (Å²) in [4.78, 5) is 22.0. The first-order valence-corrected chi connectivity index (χ1v) is 5.14. The smallest absolute Gasteiger partial charge is 0.315 e. The van der Waals surface area contributed by atoms with Crippen LogP contribution in [0.5, 0.6) is 0 Å². The van der Waals surface area contributed by atoms with E-state index < -0.39 is 11.4 Å². The number of hydrogen-bond donors (Lipinski definition) is 3. The molecule has 2 amide bonds. The van der Waals surface area contributed by atoms with Crippen molar-refractivity contribution in [3.8, 4) is 0 Å². The third-order valence-corrected chi connectivity index (χ3v) is 2.04. The molecule has 0 aliphatic carbocycles. The summed E-state index contributed by atoms with van der Waals surface area (Å²) in [7, 11) is 0. The molecular formula is C11H20N2O3. The Bertz CT molecular complexity index is 292. The minimum atomic E-state index is -0.951. The number of carboxylic acid groups (broad SMARTS) is 1. The van der Waals surface area contributed by atoms with Gasteiger partial charge >= 0.3 is 12.0 Å². The van der Waals surface area contributed by atoms with E-state index in [1.54, 1.807) is 13.8 Å². The van der Waals surface area contributed by atoms with Crippen LogP contribution in [0.4, 0.5) is 4.79 Å². The molecular weight excluding hydrogens is 208 g/mol. The first kappa shape index (κ1) is 14.5. The lowest BCUT2D eigenvalue weighted by molar-refractivity contribution is -0.146. The summed E-state index contributed by atoms with van der Waals surface area (Å²) >= 11 is 0. The minimum Gasteiger partial charge on any atom is -0.481 e. The summed E-state index contributed by atoms with van der Waals surface area (Å²) in [5, 5.41) is 13.9. The zero-order chi connectivity index (χ0) is 12.8. The number of amides is 2. The number of aliphatic carboxylic acids is 1. The van der Waals surface area contributed by atoms with Crippen molar-refractivity contribution in [1.29, 1.82) is 0 Å². The van der Waals surface area contributed by atoms with E-state index in [4.69, 9.17) is 5.11 Å². The SMILES string of the molecule is CC(C)=CCNC(=O)NCC(C)(C)C(=O)O. The highest BCUT2D eigenvalue weighted by molar-refractivity contribution is 5.77. The predicted molar refractivity (Wildman–Crippen MR) is 62.2 cm³/mol. The molecule has 0 spiro atoms. The quantitative estimate of drug-likeness (QED) is 0.622. The number of urea groups is 1. The Kier molecular flexibility index (Phi) is 5.56. The second-order valence-corrected chi connectivity index (χ2v) is 4.53. The molecule has 0 unspecified atom stereocenters.